The van der Waals surface area contributed by atoms with Crippen LogP contribution >= 0.6 is 22.9 Å². The van der Waals surface area contributed by atoms with Crippen molar-refractivity contribution in [2.45, 2.75) is 46.1 Å². The topological polar surface area (TPSA) is 68.3 Å². The summed E-state index contributed by atoms with van der Waals surface area (Å²) in [5.41, 5.74) is 4.26. The van der Waals surface area contributed by atoms with Crippen molar-refractivity contribution in [2.75, 3.05) is 5.32 Å². The number of halogens is 1. The maximum Gasteiger partial charge on any atom is 0.341 e. The zero-order chi connectivity index (χ0) is 25.4. The number of rotatable bonds is 5. The highest BCUT2D eigenvalue weighted by molar-refractivity contribution is 7.17. The van der Waals surface area contributed by atoms with E-state index in [2.05, 4.69) is 12.2 Å². The van der Waals surface area contributed by atoms with Gasteiger partial charge in [-0.2, -0.15) is 0 Å². The van der Waals surface area contributed by atoms with E-state index in [4.69, 9.17) is 21.3 Å². The molecule has 2 aromatic heterocycles. The molecule has 1 amide bonds. The molecule has 0 saturated heterocycles. The Morgan fingerprint density at radius 1 is 1.14 bits per heavy atom. The van der Waals surface area contributed by atoms with Crippen LogP contribution in [-0.4, -0.2) is 23.0 Å². The molecule has 1 unspecified atom stereocenters. The van der Waals surface area contributed by atoms with Crippen molar-refractivity contribution in [2.24, 2.45) is 5.92 Å². The molecule has 36 heavy (non-hydrogen) atoms. The van der Waals surface area contributed by atoms with E-state index in [1.165, 1.54) is 11.3 Å². The van der Waals surface area contributed by atoms with E-state index in [1.54, 1.807) is 18.2 Å². The molecule has 0 saturated carbocycles. The maximum atomic E-state index is 13.7. The highest BCUT2D eigenvalue weighted by Gasteiger charge is 2.30. The Balaban J connectivity index is 1.57. The lowest BCUT2D eigenvalue weighted by Crippen LogP contribution is -2.19. The predicted octanol–water partition coefficient (Wildman–Crippen LogP) is 7.56. The number of nitrogens with one attached hydrogen (secondary N) is 1. The lowest BCUT2D eigenvalue weighted by Gasteiger charge is -2.19. The molecule has 0 fully saturated rings. The van der Waals surface area contributed by atoms with Gasteiger partial charge in [0.05, 0.1) is 28.4 Å². The second kappa shape index (κ2) is 10.0. The fraction of sp³-hybridized carbons (Fsp3) is 0.276. The molecular formula is C29H27ClN2O3S. The third-order valence-corrected chi connectivity index (χ3v) is 7.81. The Kier molecular flexibility index (Phi) is 6.82. The van der Waals surface area contributed by atoms with Crippen LogP contribution in [0.5, 0.6) is 0 Å². The van der Waals surface area contributed by atoms with Crippen LogP contribution in [0.4, 0.5) is 5.00 Å². The fourth-order valence-electron chi connectivity index (χ4n) is 4.63. The number of aromatic nitrogens is 1. The van der Waals surface area contributed by atoms with Crippen molar-refractivity contribution in [3.05, 3.63) is 81.2 Å². The van der Waals surface area contributed by atoms with Crippen LogP contribution < -0.4 is 5.32 Å². The zero-order valence-electron chi connectivity index (χ0n) is 20.4. The Morgan fingerprint density at radius 3 is 2.64 bits per heavy atom. The number of para-hydroxylation sites is 1. The number of esters is 1. The number of anilines is 1. The molecule has 2 heterocycles. The van der Waals surface area contributed by atoms with Gasteiger partial charge in [0, 0.05) is 20.8 Å². The summed E-state index contributed by atoms with van der Waals surface area (Å²) >= 11 is 7.56. The third kappa shape index (κ3) is 4.88. The molecule has 0 radical (unpaired) electrons. The monoisotopic (exact) mass is 518 g/mol. The minimum atomic E-state index is -0.381. The van der Waals surface area contributed by atoms with Crippen molar-refractivity contribution in [1.29, 1.82) is 0 Å². The van der Waals surface area contributed by atoms with Crippen molar-refractivity contribution in [3.8, 4) is 11.3 Å². The smallest absolute Gasteiger partial charge is 0.341 e. The number of amides is 1. The molecule has 1 aliphatic carbocycles. The van der Waals surface area contributed by atoms with Gasteiger partial charge >= 0.3 is 5.97 Å². The number of ether oxygens (including phenoxy) is 1. The molecule has 4 aromatic rings. The molecule has 0 bridgehead atoms. The second-order valence-electron chi connectivity index (χ2n) is 9.54. The first-order valence-corrected chi connectivity index (χ1v) is 13.3. The summed E-state index contributed by atoms with van der Waals surface area (Å²) in [6.45, 7) is 5.88. The first kappa shape index (κ1) is 24.5. The SMILES string of the molecule is CC1CCc2c(sc(NC(=O)c3cc(-c4ccc(Cl)cc4)nc4ccccc34)c2C(=O)OC(C)C)C1. The maximum absolute atomic E-state index is 13.7. The van der Waals surface area contributed by atoms with E-state index in [9.17, 15) is 9.59 Å². The highest BCUT2D eigenvalue weighted by Crippen LogP contribution is 2.40. The average Bonchev–Trinajstić information content (AvgIpc) is 3.20. The zero-order valence-corrected chi connectivity index (χ0v) is 22.0. The van der Waals surface area contributed by atoms with Crippen LogP contribution in [0.25, 0.3) is 22.2 Å². The van der Waals surface area contributed by atoms with E-state index < -0.39 is 0 Å². The van der Waals surface area contributed by atoms with Crippen molar-refractivity contribution < 1.29 is 14.3 Å². The summed E-state index contributed by atoms with van der Waals surface area (Å²) in [7, 11) is 0. The van der Waals surface area contributed by atoms with Crippen molar-refractivity contribution in [1.82, 2.24) is 4.98 Å². The number of hydrogen-bond donors (Lipinski definition) is 1. The summed E-state index contributed by atoms with van der Waals surface area (Å²) in [5.74, 6) is -0.123. The number of pyridine rings is 1. The first-order valence-electron chi connectivity index (χ1n) is 12.1. The lowest BCUT2D eigenvalue weighted by molar-refractivity contribution is 0.0378. The third-order valence-electron chi connectivity index (χ3n) is 6.39. The van der Waals surface area contributed by atoms with Crippen molar-refractivity contribution >= 4 is 50.7 Å². The molecule has 0 spiro atoms. The van der Waals surface area contributed by atoms with Gasteiger partial charge in [-0.05, 0) is 68.9 Å². The minimum absolute atomic E-state index is 0.245. The Bertz CT molecular complexity index is 1460. The van der Waals surface area contributed by atoms with Crippen LogP contribution in [-0.2, 0) is 17.6 Å². The van der Waals surface area contributed by atoms with E-state index in [-0.39, 0.29) is 18.0 Å². The summed E-state index contributed by atoms with van der Waals surface area (Å²) in [6, 6.07) is 16.7. The summed E-state index contributed by atoms with van der Waals surface area (Å²) < 4.78 is 5.57. The van der Waals surface area contributed by atoms with Crippen LogP contribution in [0, 0.1) is 5.92 Å². The van der Waals surface area contributed by atoms with Gasteiger partial charge in [0.25, 0.3) is 5.91 Å². The number of carbonyl (C=O) groups is 2. The minimum Gasteiger partial charge on any atom is -0.459 e. The van der Waals surface area contributed by atoms with Gasteiger partial charge in [0.15, 0.2) is 0 Å². The molecule has 184 valence electrons. The Labute approximate surface area is 219 Å². The molecule has 1 N–H and O–H groups in total. The average molecular weight is 519 g/mol. The quantitative estimate of drug-likeness (QED) is 0.277. The van der Waals surface area contributed by atoms with Gasteiger partial charge in [0.2, 0.25) is 0 Å². The predicted molar refractivity (Wildman–Crippen MR) is 146 cm³/mol. The summed E-state index contributed by atoms with van der Waals surface area (Å²) in [5, 5.41) is 5.00. The number of benzene rings is 2. The van der Waals surface area contributed by atoms with Crippen LogP contribution in [0.3, 0.4) is 0 Å². The first-order chi connectivity index (χ1) is 17.3. The molecule has 0 aliphatic heterocycles. The fourth-order valence-corrected chi connectivity index (χ4v) is 6.15. The normalized spacial score (nSPS) is 15.1. The Hall–Kier alpha value is -3.22. The van der Waals surface area contributed by atoms with Crippen LogP contribution in [0.1, 0.15) is 58.3 Å². The van der Waals surface area contributed by atoms with E-state index in [0.717, 1.165) is 40.7 Å². The van der Waals surface area contributed by atoms with Crippen LogP contribution in [0.2, 0.25) is 5.02 Å². The highest BCUT2D eigenvalue weighted by atomic mass is 35.5. The summed E-state index contributed by atoms with van der Waals surface area (Å²) in [4.78, 5) is 32.8. The number of thiophene rings is 1. The standard InChI is InChI=1S/C29H27ClN2O3S/c1-16(2)35-29(34)26-21-13-8-17(3)14-25(21)36-28(26)32-27(33)22-15-24(18-9-11-19(30)12-10-18)31-23-7-5-4-6-20(22)23/h4-7,9-12,15-17H,8,13-14H2,1-3H3,(H,32,33). The van der Waals surface area contributed by atoms with Gasteiger partial charge in [-0.25, -0.2) is 9.78 Å². The Morgan fingerprint density at radius 2 is 1.89 bits per heavy atom. The molecule has 7 heteroatoms. The second-order valence-corrected chi connectivity index (χ2v) is 11.1. The number of carbonyl (C=O) groups excluding carboxylic acids is 2. The molecule has 5 rings (SSSR count). The molecule has 2 aromatic carbocycles. The van der Waals surface area contributed by atoms with Gasteiger partial charge in [-0.1, -0.05) is 48.9 Å². The van der Waals surface area contributed by atoms with Crippen LogP contribution in [0.15, 0.2) is 54.6 Å². The number of fused-ring (bicyclic) bond motifs is 2. The molecule has 5 nitrogen and oxygen atoms in total. The number of hydrogen-bond acceptors (Lipinski definition) is 5. The number of nitrogens with zero attached hydrogens (tertiary/aromatic N) is 1. The van der Waals surface area contributed by atoms with Gasteiger partial charge in [-0.15, -0.1) is 11.3 Å². The van der Waals surface area contributed by atoms with Gasteiger partial charge in [0.1, 0.15) is 5.00 Å². The van der Waals surface area contributed by atoms with Crippen molar-refractivity contribution in [3.63, 3.8) is 0 Å². The molecule has 1 aliphatic rings. The van der Waals surface area contributed by atoms with E-state index in [0.29, 0.717) is 38.3 Å². The molecule has 1 atom stereocenters. The van der Waals surface area contributed by atoms with E-state index in [1.807, 2.05) is 50.2 Å². The largest absolute Gasteiger partial charge is 0.459 e. The lowest BCUT2D eigenvalue weighted by atomic mass is 9.88. The summed E-state index contributed by atoms with van der Waals surface area (Å²) in [6.07, 6.45) is 2.48. The van der Waals surface area contributed by atoms with E-state index >= 15 is 0 Å². The van der Waals surface area contributed by atoms with Gasteiger partial charge < -0.3 is 10.1 Å². The van der Waals surface area contributed by atoms with Gasteiger partial charge in [-0.3, -0.25) is 4.79 Å². The molecular weight excluding hydrogens is 492 g/mol.